The average Bonchev–Trinajstić information content (AvgIpc) is 2.70. The van der Waals surface area contributed by atoms with Gasteiger partial charge in [-0.3, -0.25) is 0 Å². The molecule has 2 aromatic carbocycles. The molecule has 0 saturated carbocycles. The van der Waals surface area contributed by atoms with Gasteiger partial charge in [0, 0.05) is 0 Å². The van der Waals surface area contributed by atoms with E-state index in [1.165, 1.54) is 16.7 Å². The van der Waals surface area contributed by atoms with Crippen molar-refractivity contribution in [3.8, 4) is 5.75 Å². The molecule has 0 saturated heterocycles. The second-order valence-corrected chi connectivity index (χ2v) is 6.65. The van der Waals surface area contributed by atoms with Gasteiger partial charge in [-0.15, -0.1) is 0 Å². The van der Waals surface area contributed by atoms with Gasteiger partial charge in [0.1, 0.15) is 5.75 Å². The number of nitrogens with one attached hydrogen (secondary N) is 1. The van der Waals surface area contributed by atoms with Crippen LogP contribution in [0.5, 0.6) is 5.75 Å². The third kappa shape index (κ3) is 2.51. The van der Waals surface area contributed by atoms with E-state index in [1.54, 1.807) is 7.11 Å². The molecule has 21 heavy (non-hydrogen) atoms. The maximum atomic E-state index is 5.50. The van der Waals surface area contributed by atoms with E-state index < -0.39 is 0 Å². The quantitative estimate of drug-likeness (QED) is 0.877. The fourth-order valence-corrected chi connectivity index (χ4v) is 3.35. The van der Waals surface area contributed by atoms with Crippen molar-refractivity contribution in [2.45, 2.75) is 33.2 Å². The summed E-state index contributed by atoms with van der Waals surface area (Å²) in [6, 6.07) is 15.3. The van der Waals surface area contributed by atoms with Crippen molar-refractivity contribution in [3.63, 3.8) is 0 Å². The summed E-state index contributed by atoms with van der Waals surface area (Å²) in [4.78, 5) is 0. The Hall–Kier alpha value is -1.96. The van der Waals surface area contributed by atoms with E-state index in [9.17, 15) is 0 Å². The minimum Gasteiger partial charge on any atom is -0.495 e. The standard InChI is InChI=1S/C19H23NO/c1-13-9-10-17(21-4)16(11-13)20-18-15-8-6-5-7-14(15)12-19(18,2)3/h5-11,18,20H,12H2,1-4H3. The maximum absolute atomic E-state index is 5.50. The van der Waals surface area contributed by atoms with Gasteiger partial charge < -0.3 is 10.1 Å². The number of fused-ring (bicyclic) bond motifs is 1. The van der Waals surface area contributed by atoms with Crippen LogP contribution in [0.3, 0.4) is 0 Å². The van der Waals surface area contributed by atoms with Crippen LogP contribution in [-0.4, -0.2) is 7.11 Å². The van der Waals surface area contributed by atoms with E-state index in [2.05, 4.69) is 62.5 Å². The fraction of sp³-hybridized carbons (Fsp3) is 0.368. The van der Waals surface area contributed by atoms with Gasteiger partial charge in [-0.2, -0.15) is 0 Å². The van der Waals surface area contributed by atoms with Gasteiger partial charge in [0.05, 0.1) is 18.8 Å². The molecule has 0 heterocycles. The SMILES string of the molecule is COc1ccc(C)cc1NC1c2ccccc2CC1(C)C. The number of ether oxygens (including phenoxy) is 1. The molecule has 0 amide bonds. The molecule has 1 N–H and O–H groups in total. The van der Waals surface area contributed by atoms with Crippen molar-refractivity contribution < 1.29 is 4.74 Å². The van der Waals surface area contributed by atoms with Crippen LogP contribution in [-0.2, 0) is 6.42 Å². The molecule has 0 aliphatic heterocycles. The van der Waals surface area contributed by atoms with Crippen LogP contribution in [0.4, 0.5) is 5.69 Å². The minimum absolute atomic E-state index is 0.193. The zero-order valence-corrected chi connectivity index (χ0v) is 13.2. The van der Waals surface area contributed by atoms with Crippen molar-refractivity contribution in [2.75, 3.05) is 12.4 Å². The van der Waals surface area contributed by atoms with Gasteiger partial charge in [-0.25, -0.2) is 0 Å². The molecule has 2 nitrogen and oxygen atoms in total. The van der Waals surface area contributed by atoms with Crippen LogP contribution < -0.4 is 10.1 Å². The van der Waals surface area contributed by atoms with Gasteiger partial charge in [0.25, 0.3) is 0 Å². The Balaban J connectivity index is 1.99. The van der Waals surface area contributed by atoms with Crippen molar-refractivity contribution in [2.24, 2.45) is 5.41 Å². The summed E-state index contributed by atoms with van der Waals surface area (Å²) in [5.41, 5.74) is 5.37. The molecule has 2 aromatic rings. The minimum atomic E-state index is 0.193. The van der Waals surface area contributed by atoms with E-state index in [4.69, 9.17) is 4.74 Å². The number of aryl methyl sites for hydroxylation is 1. The molecule has 1 aliphatic rings. The summed E-state index contributed by atoms with van der Waals surface area (Å²) in [5.74, 6) is 0.904. The first kappa shape index (κ1) is 14.0. The van der Waals surface area contributed by atoms with Gasteiger partial charge >= 0.3 is 0 Å². The number of hydrogen-bond acceptors (Lipinski definition) is 2. The third-order valence-electron chi connectivity index (χ3n) is 4.45. The maximum Gasteiger partial charge on any atom is 0.141 e. The zero-order chi connectivity index (χ0) is 15.0. The molecule has 3 rings (SSSR count). The van der Waals surface area contributed by atoms with Gasteiger partial charge in [-0.05, 0) is 47.6 Å². The average molecular weight is 281 g/mol. The Kier molecular flexibility index (Phi) is 3.40. The normalized spacial score (nSPS) is 19.1. The number of benzene rings is 2. The van der Waals surface area contributed by atoms with Crippen LogP contribution in [0.1, 0.15) is 36.6 Å². The van der Waals surface area contributed by atoms with E-state index >= 15 is 0 Å². The van der Waals surface area contributed by atoms with E-state index in [1.807, 2.05) is 6.07 Å². The van der Waals surface area contributed by atoms with Crippen LogP contribution in [0.2, 0.25) is 0 Å². The van der Waals surface area contributed by atoms with Crippen molar-refractivity contribution in [1.29, 1.82) is 0 Å². The summed E-state index contributed by atoms with van der Waals surface area (Å²) in [7, 11) is 1.73. The van der Waals surface area contributed by atoms with Crippen molar-refractivity contribution >= 4 is 5.69 Å². The highest BCUT2D eigenvalue weighted by Gasteiger charge is 2.38. The molecular formula is C19H23NO. The second-order valence-electron chi connectivity index (χ2n) is 6.65. The summed E-state index contributed by atoms with van der Waals surface area (Å²) < 4.78 is 5.50. The first-order valence-electron chi connectivity index (χ1n) is 7.50. The molecule has 0 bridgehead atoms. The molecular weight excluding hydrogens is 258 g/mol. The Morgan fingerprint density at radius 1 is 1.14 bits per heavy atom. The van der Waals surface area contributed by atoms with Gasteiger partial charge in [0.2, 0.25) is 0 Å². The van der Waals surface area contributed by atoms with Gasteiger partial charge in [0.15, 0.2) is 0 Å². The fourth-order valence-electron chi connectivity index (χ4n) is 3.35. The lowest BCUT2D eigenvalue weighted by Gasteiger charge is -2.30. The van der Waals surface area contributed by atoms with Gasteiger partial charge in [-0.1, -0.05) is 44.2 Å². The molecule has 2 heteroatoms. The highest BCUT2D eigenvalue weighted by molar-refractivity contribution is 5.60. The van der Waals surface area contributed by atoms with Crippen LogP contribution >= 0.6 is 0 Å². The van der Waals surface area contributed by atoms with Crippen LogP contribution in [0, 0.1) is 12.3 Å². The highest BCUT2D eigenvalue weighted by Crippen LogP contribution is 2.47. The Morgan fingerprint density at radius 2 is 1.90 bits per heavy atom. The second kappa shape index (κ2) is 5.10. The molecule has 0 radical (unpaired) electrons. The van der Waals surface area contributed by atoms with Crippen molar-refractivity contribution in [1.82, 2.24) is 0 Å². The smallest absolute Gasteiger partial charge is 0.141 e. The number of rotatable bonds is 3. The van der Waals surface area contributed by atoms with E-state index in [0.717, 1.165) is 17.9 Å². The lowest BCUT2D eigenvalue weighted by Crippen LogP contribution is -2.24. The lowest BCUT2D eigenvalue weighted by molar-refractivity contribution is 0.335. The third-order valence-corrected chi connectivity index (χ3v) is 4.45. The molecule has 110 valence electrons. The monoisotopic (exact) mass is 281 g/mol. The lowest BCUT2D eigenvalue weighted by atomic mass is 9.85. The predicted molar refractivity (Wildman–Crippen MR) is 88.0 cm³/mol. The molecule has 1 unspecified atom stereocenters. The number of anilines is 1. The summed E-state index contributed by atoms with van der Waals surface area (Å²) in [5, 5.41) is 3.72. The molecule has 0 fully saturated rings. The zero-order valence-electron chi connectivity index (χ0n) is 13.2. The van der Waals surface area contributed by atoms with E-state index in [-0.39, 0.29) is 5.41 Å². The summed E-state index contributed by atoms with van der Waals surface area (Å²) in [6.07, 6.45) is 1.11. The summed E-state index contributed by atoms with van der Waals surface area (Å²) >= 11 is 0. The first-order valence-corrected chi connectivity index (χ1v) is 7.50. The topological polar surface area (TPSA) is 21.3 Å². The number of methoxy groups -OCH3 is 1. The van der Waals surface area contributed by atoms with Crippen LogP contribution in [0.15, 0.2) is 42.5 Å². The molecule has 0 aromatic heterocycles. The molecule has 1 aliphatic carbocycles. The molecule has 0 spiro atoms. The Bertz CT molecular complexity index is 660. The Morgan fingerprint density at radius 3 is 2.67 bits per heavy atom. The van der Waals surface area contributed by atoms with E-state index in [0.29, 0.717) is 6.04 Å². The Labute approximate surface area is 127 Å². The largest absolute Gasteiger partial charge is 0.495 e. The van der Waals surface area contributed by atoms with Crippen LogP contribution in [0.25, 0.3) is 0 Å². The summed E-state index contributed by atoms with van der Waals surface area (Å²) in [6.45, 7) is 6.76. The highest BCUT2D eigenvalue weighted by atomic mass is 16.5. The first-order chi connectivity index (χ1) is 10.0. The van der Waals surface area contributed by atoms with Crippen molar-refractivity contribution in [3.05, 3.63) is 59.2 Å². The molecule has 1 atom stereocenters. The number of hydrogen-bond donors (Lipinski definition) is 1. The predicted octanol–water partition coefficient (Wildman–Crippen LogP) is 4.74.